The number of benzene rings is 2. The van der Waals surface area contributed by atoms with E-state index in [0.29, 0.717) is 5.56 Å². The highest BCUT2D eigenvalue weighted by Crippen LogP contribution is 2.32. The summed E-state index contributed by atoms with van der Waals surface area (Å²) < 4.78 is 0. The fourth-order valence-electron chi connectivity index (χ4n) is 3.48. The molecule has 2 N–H and O–H groups in total. The predicted molar refractivity (Wildman–Crippen MR) is 108 cm³/mol. The summed E-state index contributed by atoms with van der Waals surface area (Å²) in [7, 11) is 0. The second-order valence-corrected chi connectivity index (χ2v) is 6.62. The number of nitrogens with zero attached hydrogens (tertiary/aromatic N) is 1. The standard InChI is InChI=1S/C23H20N2O2/c1-2-6-16-11-17(9-10-19(16)23(26)27)21-14-25-22-20(21)12-18(13-24-22)15-7-4-3-5-8-15/h3-5,7-14H,2,6H2,1H3,(H,24,25)(H,26,27). The average Bonchev–Trinajstić information content (AvgIpc) is 3.12. The summed E-state index contributed by atoms with van der Waals surface area (Å²) >= 11 is 0. The molecule has 0 atom stereocenters. The number of H-pyrrole nitrogens is 1. The highest BCUT2D eigenvalue weighted by molar-refractivity contribution is 5.97. The van der Waals surface area contributed by atoms with Gasteiger partial charge in [0.1, 0.15) is 5.65 Å². The average molecular weight is 356 g/mol. The summed E-state index contributed by atoms with van der Waals surface area (Å²) in [6, 6.07) is 17.9. The third-order valence-electron chi connectivity index (χ3n) is 4.80. The number of aromatic nitrogens is 2. The van der Waals surface area contributed by atoms with Gasteiger partial charge < -0.3 is 10.1 Å². The van der Waals surface area contributed by atoms with Gasteiger partial charge in [-0.05, 0) is 35.2 Å². The van der Waals surface area contributed by atoms with E-state index in [2.05, 4.69) is 35.1 Å². The van der Waals surface area contributed by atoms with E-state index in [9.17, 15) is 9.90 Å². The number of carboxylic acids is 1. The maximum Gasteiger partial charge on any atom is 0.335 e. The number of pyridine rings is 1. The van der Waals surface area contributed by atoms with Gasteiger partial charge in [-0.3, -0.25) is 0 Å². The highest BCUT2D eigenvalue weighted by Gasteiger charge is 2.14. The summed E-state index contributed by atoms with van der Waals surface area (Å²) in [5, 5.41) is 10.5. The fraction of sp³-hybridized carbons (Fsp3) is 0.130. The topological polar surface area (TPSA) is 66.0 Å². The van der Waals surface area contributed by atoms with Crippen LogP contribution < -0.4 is 0 Å². The number of carbonyl (C=O) groups is 1. The Hall–Kier alpha value is -3.40. The molecule has 4 heteroatoms. The van der Waals surface area contributed by atoms with Crippen molar-refractivity contribution >= 4 is 17.0 Å². The van der Waals surface area contributed by atoms with Crippen LogP contribution in [0.15, 0.2) is 67.0 Å². The number of hydrogen-bond donors (Lipinski definition) is 2. The molecular formula is C23H20N2O2. The van der Waals surface area contributed by atoms with Crippen LogP contribution in [-0.2, 0) is 6.42 Å². The van der Waals surface area contributed by atoms with Gasteiger partial charge in [0.25, 0.3) is 0 Å². The summed E-state index contributed by atoms with van der Waals surface area (Å²) in [6.45, 7) is 2.06. The Kier molecular flexibility index (Phi) is 4.47. The molecule has 0 unspecified atom stereocenters. The second kappa shape index (κ2) is 7.08. The number of rotatable bonds is 5. The van der Waals surface area contributed by atoms with E-state index in [0.717, 1.165) is 51.7 Å². The summed E-state index contributed by atoms with van der Waals surface area (Å²) in [4.78, 5) is 19.3. The van der Waals surface area contributed by atoms with Crippen LogP contribution in [0, 0.1) is 0 Å². The van der Waals surface area contributed by atoms with Crippen LogP contribution in [0.2, 0.25) is 0 Å². The zero-order chi connectivity index (χ0) is 18.8. The van der Waals surface area contributed by atoms with Crippen molar-refractivity contribution in [2.75, 3.05) is 0 Å². The van der Waals surface area contributed by atoms with Gasteiger partial charge in [0.2, 0.25) is 0 Å². The van der Waals surface area contributed by atoms with Crippen molar-refractivity contribution in [3.8, 4) is 22.3 Å². The molecule has 0 saturated heterocycles. The molecule has 2 heterocycles. The molecule has 0 radical (unpaired) electrons. The van der Waals surface area contributed by atoms with Crippen molar-refractivity contribution in [2.45, 2.75) is 19.8 Å². The Morgan fingerprint density at radius 1 is 1.04 bits per heavy atom. The van der Waals surface area contributed by atoms with Crippen molar-refractivity contribution in [3.05, 3.63) is 78.1 Å². The van der Waals surface area contributed by atoms with E-state index in [4.69, 9.17) is 0 Å². The first-order valence-corrected chi connectivity index (χ1v) is 9.06. The van der Waals surface area contributed by atoms with Gasteiger partial charge in [-0.1, -0.05) is 55.8 Å². The van der Waals surface area contributed by atoms with Crippen molar-refractivity contribution in [1.82, 2.24) is 9.97 Å². The van der Waals surface area contributed by atoms with Crippen LogP contribution >= 0.6 is 0 Å². The Balaban J connectivity index is 1.84. The number of carboxylic acid groups (broad SMARTS) is 1. The number of hydrogen-bond acceptors (Lipinski definition) is 2. The first-order chi connectivity index (χ1) is 13.2. The lowest BCUT2D eigenvalue weighted by molar-refractivity contribution is 0.0695. The molecule has 0 spiro atoms. The lowest BCUT2D eigenvalue weighted by Gasteiger charge is -2.08. The van der Waals surface area contributed by atoms with Gasteiger partial charge in [0.05, 0.1) is 5.56 Å². The van der Waals surface area contributed by atoms with Crippen molar-refractivity contribution in [1.29, 1.82) is 0 Å². The normalized spacial score (nSPS) is 11.0. The molecular weight excluding hydrogens is 336 g/mol. The van der Waals surface area contributed by atoms with E-state index >= 15 is 0 Å². The molecule has 0 saturated carbocycles. The Morgan fingerprint density at radius 2 is 1.85 bits per heavy atom. The molecule has 134 valence electrons. The summed E-state index contributed by atoms with van der Waals surface area (Å²) in [5.74, 6) is -0.878. The van der Waals surface area contributed by atoms with E-state index < -0.39 is 5.97 Å². The van der Waals surface area contributed by atoms with Crippen LogP contribution in [0.4, 0.5) is 0 Å². The van der Waals surface area contributed by atoms with Gasteiger partial charge >= 0.3 is 5.97 Å². The maximum absolute atomic E-state index is 11.5. The summed E-state index contributed by atoms with van der Waals surface area (Å²) in [6.07, 6.45) is 5.45. The molecule has 0 fully saturated rings. The van der Waals surface area contributed by atoms with Crippen LogP contribution in [0.3, 0.4) is 0 Å². The van der Waals surface area contributed by atoms with Gasteiger partial charge in [-0.2, -0.15) is 0 Å². The molecule has 4 nitrogen and oxygen atoms in total. The zero-order valence-corrected chi connectivity index (χ0v) is 15.1. The lowest BCUT2D eigenvalue weighted by Crippen LogP contribution is -2.02. The number of aryl methyl sites for hydroxylation is 1. The molecule has 0 aliphatic carbocycles. The number of aromatic carboxylic acids is 1. The minimum absolute atomic E-state index is 0.378. The largest absolute Gasteiger partial charge is 0.478 e. The molecule has 27 heavy (non-hydrogen) atoms. The Bertz CT molecular complexity index is 1110. The molecule has 0 aliphatic heterocycles. The third kappa shape index (κ3) is 3.22. The fourth-order valence-corrected chi connectivity index (χ4v) is 3.48. The Morgan fingerprint density at radius 3 is 2.59 bits per heavy atom. The summed E-state index contributed by atoms with van der Waals surface area (Å²) in [5.41, 5.74) is 6.27. The molecule has 4 aromatic rings. The molecule has 2 aromatic heterocycles. The molecule has 0 bridgehead atoms. The molecule has 0 amide bonds. The van der Waals surface area contributed by atoms with Gasteiger partial charge in [-0.15, -0.1) is 0 Å². The number of nitrogens with one attached hydrogen (secondary N) is 1. The first-order valence-electron chi connectivity index (χ1n) is 9.06. The van der Waals surface area contributed by atoms with Crippen molar-refractivity contribution < 1.29 is 9.90 Å². The van der Waals surface area contributed by atoms with E-state index in [-0.39, 0.29) is 0 Å². The second-order valence-electron chi connectivity index (χ2n) is 6.62. The van der Waals surface area contributed by atoms with Gasteiger partial charge in [0.15, 0.2) is 0 Å². The van der Waals surface area contributed by atoms with E-state index in [1.807, 2.05) is 42.7 Å². The minimum atomic E-state index is -0.878. The van der Waals surface area contributed by atoms with Gasteiger partial charge in [-0.25, -0.2) is 9.78 Å². The number of fused-ring (bicyclic) bond motifs is 1. The molecule has 4 rings (SSSR count). The lowest BCUT2D eigenvalue weighted by atomic mass is 9.96. The smallest absolute Gasteiger partial charge is 0.335 e. The minimum Gasteiger partial charge on any atom is -0.478 e. The van der Waals surface area contributed by atoms with Crippen LogP contribution in [0.5, 0.6) is 0 Å². The van der Waals surface area contributed by atoms with Crippen LogP contribution in [-0.4, -0.2) is 21.0 Å². The third-order valence-corrected chi connectivity index (χ3v) is 4.80. The monoisotopic (exact) mass is 356 g/mol. The predicted octanol–water partition coefficient (Wildman–Crippen LogP) is 5.55. The van der Waals surface area contributed by atoms with Crippen molar-refractivity contribution in [2.24, 2.45) is 0 Å². The number of aromatic amines is 1. The van der Waals surface area contributed by atoms with Crippen molar-refractivity contribution in [3.63, 3.8) is 0 Å². The Labute approximate surface area is 157 Å². The van der Waals surface area contributed by atoms with Crippen LogP contribution in [0.25, 0.3) is 33.3 Å². The highest BCUT2D eigenvalue weighted by atomic mass is 16.4. The zero-order valence-electron chi connectivity index (χ0n) is 15.1. The quantitative estimate of drug-likeness (QED) is 0.493. The molecule has 2 aromatic carbocycles. The maximum atomic E-state index is 11.5. The first kappa shape index (κ1) is 17.0. The SMILES string of the molecule is CCCc1cc(-c2c[nH]c3ncc(-c4ccccc4)cc23)ccc1C(=O)O. The molecule has 0 aliphatic rings. The van der Waals surface area contributed by atoms with Gasteiger partial charge in [0, 0.05) is 28.9 Å². The van der Waals surface area contributed by atoms with E-state index in [1.165, 1.54) is 0 Å². The van der Waals surface area contributed by atoms with E-state index in [1.54, 1.807) is 6.07 Å². The van der Waals surface area contributed by atoms with Crippen LogP contribution in [0.1, 0.15) is 29.3 Å².